The summed E-state index contributed by atoms with van der Waals surface area (Å²) in [5.41, 5.74) is 12.2. The predicted octanol–water partition coefficient (Wildman–Crippen LogP) is 5.00. The summed E-state index contributed by atoms with van der Waals surface area (Å²) >= 11 is 0. The molecule has 0 aliphatic heterocycles. The van der Waals surface area contributed by atoms with Gasteiger partial charge in [-0.3, -0.25) is 0 Å². The lowest BCUT2D eigenvalue weighted by atomic mass is 9.87. The van der Waals surface area contributed by atoms with Gasteiger partial charge in [-0.15, -0.1) is 0 Å². The zero-order valence-corrected chi connectivity index (χ0v) is 14.4. The molecule has 0 aromatic carbocycles. The van der Waals surface area contributed by atoms with Gasteiger partial charge in [0.25, 0.3) is 0 Å². The van der Waals surface area contributed by atoms with E-state index in [4.69, 9.17) is 11.5 Å². The zero-order chi connectivity index (χ0) is 15.3. The average molecular weight is 285 g/mol. The van der Waals surface area contributed by atoms with Crippen molar-refractivity contribution in [2.45, 2.75) is 104 Å². The standard InChI is InChI=1S/C18H40N2/c1-4-5-10-13-17(20)14-11-8-6-7-9-12-15-18(2,3)16-19/h17H,4-16,19-20H2,1-3H3. The highest BCUT2D eigenvalue weighted by Gasteiger charge is 2.14. The molecule has 0 saturated heterocycles. The van der Waals surface area contributed by atoms with E-state index in [2.05, 4.69) is 20.8 Å². The molecule has 2 nitrogen and oxygen atoms in total. The van der Waals surface area contributed by atoms with Crippen LogP contribution in [0.1, 0.15) is 97.8 Å². The van der Waals surface area contributed by atoms with Gasteiger partial charge in [-0.2, -0.15) is 0 Å². The van der Waals surface area contributed by atoms with Gasteiger partial charge in [0.05, 0.1) is 0 Å². The summed E-state index contributed by atoms with van der Waals surface area (Å²) < 4.78 is 0. The molecule has 1 unspecified atom stereocenters. The molecule has 0 spiro atoms. The smallest absolute Gasteiger partial charge is 0.00388 e. The van der Waals surface area contributed by atoms with Crippen LogP contribution in [0.2, 0.25) is 0 Å². The van der Waals surface area contributed by atoms with E-state index in [-0.39, 0.29) is 0 Å². The van der Waals surface area contributed by atoms with Crippen molar-refractivity contribution in [3.05, 3.63) is 0 Å². The maximum Gasteiger partial charge on any atom is 0.00388 e. The van der Waals surface area contributed by atoms with Crippen molar-refractivity contribution in [3.8, 4) is 0 Å². The Morgan fingerprint density at radius 3 is 1.85 bits per heavy atom. The minimum absolute atomic E-state index is 0.339. The van der Waals surface area contributed by atoms with Crippen LogP contribution in [0.4, 0.5) is 0 Å². The second-order valence-electron chi connectivity index (χ2n) is 7.28. The van der Waals surface area contributed by atoms with Crippen LogP contribution in [0.25, 0.3) is 0 Å². The third-order valence-electron chi connectivity index (χ3n) is 4.41. The first-order chi connectivity index (χ1) is 9.52. The van der Waals surface area contributed by atoms with Gasteiger partial charge in [0.2, 0.25) is 0 Å². The first-order valence-corrected chi connectivity index (χ1v) is 8.97. The van der Waals surface area contributed by atoms with Gasteiger partial charge in [0, 0.05) is 6.04 Å². The summed E-state index contributed by atoms with van der Waals surface area (Å²) in [6, 6.07) is 0.451. The maximum atomic E-state index is 6.13. The number of hydrogen-bond acceptors (Lipinski definition) is 2. The third-order valence-corrected chi connectivity index (χ3v) is 4.41. The molecule has 0 heterocycles. The van der Waals surface area contributed by atoms with E-state index >= 15 is 0 Å². The Labute approximate surface area is 128 Å². The van der Waals surface area contributed by atoms with E-state index in [1.165, 1.54) is 77.0 Å². The summed E-state index contributed by atoms with van der Waals surface area (Å²) in [7, 11) is 0. The van der Waals surface area contributed by atoms with Crippen LogP contribution in [-0.2, 0) is 0 Å². The molecule has 0 bridgehead atoms. The lowest BCUT2D eigenvalue weighted by Crippen LogP contribution is -2.23. The average Bonchev–Trinajstić information content (AvgIpc) is 2.42. The van der Waals surface area contributed by atoms with E-state index < -0.39 is 0 Å². The number of rotatable bonds is 14. The Morgan fingerprint density at radius 1 is 0.800 bits per heavy atom. The normalized spacial score (nSPS) is 13.7. The van der Waals surface area contributed by atoms with Gasteiger partial charge in [-0.25, -0.2) is 0 Å². The quantitative estimate of drug-likeness (QED) is 0.441. The molecule has 0 fully saturated rings. The van der Waals surface area contributed by atoms with Crippen LogP contribution in [0.3, 0.4) is 0 Å². The van der Waals surface area contributed by atoms with E-state index in [1.807, 2.05) is 0 Å². The highest BCUT2D eigenvalue weighted by molar-refractivity contribution is 4.68. The van der Waals surface area contributed by atoms with E-state index in [0.29, 0.717) is 11.5 Å². The molecule has 1 atom stereocenters. The van der Waals surface area contributed by atoms with Crippen molar-refractivity contribution in [1.29, 1.82) is 0 Å². The molecular formula is C18H40N2. The lowest BCUT2D eigenvalue weighted by molar-refractivity contribution is 0.330. The van der Waals surface area contributed by atoms with Crippen molar-refractivity contribution in [2.24, 2.45) is 16.9 Å². The van der Waals surface area contributed by atoms with Gasteiger partial charge in [0.15, 0.2) is 0 Å². The molecule has 0 amide bonds. The molecule has 0 aromatic heterocycles. The molecular weight excluding hydrogens is 244 g/mol. The molecule has 0 rings (SSSR count). The molecule has 0 aliphatic rings. The van der Waals surface area contributed by atoms with E-state index in [0.717, 1.165) is 6.54 Å². The minimum Gasteiger partial charge on any atom is -0.330 e. The molecule has 20 heavy (non-hydrogen) atoms. The summed E-state index contributed by atoms with van der Waals surface area (Å²) in [5, 5.41) is 0. The van der Waals surface area contributed by atoms with Gasteiger partial charge >= 0.3 is 0 Å². The summed E-state index contributed by atoms with van der Waals surface area (Å²) in [5.74, 6) is 0. The second kappa shape index (κ2) is 12.6. The van der Waals surface area contributed by atoms with Crippen LogP contribution in [0.15, 0.2) is 0 Å². The first-order valence-electron chi connectivity index (χ1n) is 8.97. The van der Waals surface area contributed by atoms with Crippen LogP contribution >= 0.6 is 0 Å². The van der Waals surface area contributed by atoms with Gasteiger partial charge in [-0.1, -0.05) is 78.6 Å². The fraction of sp³-hybridized carbons (Fsp3) is 1.00. The Bertz CT molecular complexity index is 202. The Kier molecular flexibility index (Phi) is 12.6. The summed E-state index contributed by atoms with van der Waals surface area (Å²) in [6.07, 6.45) is 15.8. The van der Waals surface area contributed by atoms with Crippen molar-refractivity contribution in [3.63, 3.8) is 0 Å². The van der Waals surface area contributed by atoms with Crippen molar-refractivity contribution >= 4 is 0 Å². The molecule has 0 aromatic rings. The van der Waals surface area contributed by atoms with Crippen LogP contribution in [-0.4, -0.2) is 12.6 Å². The van der Waals surface area contributed by atoms with Crippen molar-refractivity contribution < 1.29 is 0 Å². The largest absolute Gasteiger partial charge is 0.330 e. The molecule has 122 valence electrons. The predicted molar refractivity (Wildman–Crippen MR) is 91.9 cm³/mol. The Hall–Kier alpha value is -0.0800. The van der Waals surface area contributed by atoms with Gasteiger partial charge < -0.3 is 11.5 Å². The van der Waals surface area contributed by atoms with Crippen molar-refractivity contribution in [2.75, 3.05) is 6.54 Å². The second-order valence-corrected chi connectivity index (χ2v) is 7.28. The molecule has 2 heteroatoms. The van der Waals surface area contributed by atoms with Crippen molar-refractivity contribution in [1.82, 2.24) is 0 Å². The van der Waals surface area contributed by atoms with Crippen LogP contribution in [0.5, 0.6) is 0 Å². The maximum absolute atomic E-state index is 6.13. The van der Waals surface area contributed by atoms with E-state index in [1.54, 1.807) is 0 Å². The fourth-order valence-electron chi connectivity index (χ4n) is 2.62. The lowest BCUT2D eigenvalue weighted by Gasteiger charge is -2.21. The molecule has 0 aliphatic carbocycles. The number of unbranched alkanes of at least 4 members (excludes halogenated alkanes) is 7. The topological polar surface area (TPSA) is 52.0 Å². The van der Waals surface area contributed by atoms with Gasteiger partial charge in [0.1, 0.15) is 0 Å². The number of nitrogens with two attached hydrogens (primary N) is 2. The summed E-state index contributed by atoms with van der Waals surface area (Å²) in [6.45, 7) is 7.60. The fourth-order valence-corrected chi connectivity index (χ4v) is 2.62. The zero-order valence-electron chi connectivity index (χ0n) is 14.4. The van der Waals surface area contributed by atoms with Gasteiger partial charge in [-0.05, 0) is 31.2 Å². The number of hydrogen-bond donors (Lipinski definition) is 2. The molecule has 0 saturated carbocycles. The Morgan fingerprint density at radius 2 is 1.30 bits per heavy atom. The monoisotopic (exact) mass is 284 g/mol. The Balaban J connectivity index is 3.24. The molecule has 0 radical (unpaired) electrons. The molecule has 4 N–H and O–H groups in total. The third kappa shape index (κ3) is 12.9. The highest BCUT2D eigenvalue weighted by atomic mass is 14.6. The van der Waals surface area contributed by atoms with Crippen LogP contribution in [0, 0.1) is 5.41 Å². The SMILES string of the molecule is CCCCCC(N)CCCCCCCCC(C)(C)CN. The summed E-state index contributed by atoms with van der Waals surface area (Å²) in [4.78, 5) is 0. The highest BCUT2D eigenvalue weighted by Crippen LogP contribution is 2.22. The minimum atomic E-state index is 0.339. The van der Waals surface area contributed by atoms with E-state index in [9.17, 15) is 0 Å². The first kappa shape index (κ1) is 19.9. The van der Waals surface area contributed by atoms with Crippen LogP contribution < -0.4 is 11.5 Å².